The lowest BCUT2D eigenvalue weighted by atomic mass is 9.82. The van der Waals surface area contributed by atoms with E-state index in [0.29, 0.717) is 47.6 Å². The number of nitrogens with one attached hydrogen (secondary N) is 1. The van der Waals surface area contributed by atoms with Crippen LogP contribution in [-0.4, -0.2) is 42.4 Å². The zero-order chi connectivity index (χ0) is 21.7. The highest BCUT2D eigenvalue weighted by molar-refractivity contribution is 6.33. The lowest BCUT2D eigenvalue weighted by Gasteiger charge is -2.35. The van der Waals surface area contributed by atoms with E-state index in [1.165, 1.54) is 19.8 Å². The van der Waals surface area contributed by atoms with Crippen molar-refractivity contribution in [3.63, 3.8) is 0 Å². The summed E-state index contributed by atoms with van der Waals surface area (Å²) in [6, 6.07) is 1.85. The fraction of sp³-hybridized carbons (Fsp3) is 0.739. The van der Waals surface area contributed by atoms with Crippen LogP contribution in [0.15, 0.2) is 12.3 Å². The SMILES string of the molecule is CC(=O)N[C@@H](C)CO[C@H]1C[C@H](COc2nccc(OC3C[C@@H](C)CC[C@@H]3C)c2Cl)C1. The summed E-state index contributed by atoms with van der Waals surface area (Å²) in [6.07, 6.45) is 7.50. The minimum atomic E-state index is -0.0333. The average Bonchev–Trinajstić information content (AvgIpc) is 2.65. The van der Waals surface area contributed by atoms with E-state index in [0.717, 1.165) is 19.3 Å². The van der Waals surface area contributed by atoms with Crippen molar-refractivity contribution in [1.82, 2.24) is 10.3 Å². The van der Waals surface area contributed by atoms with Gasteiger partial charge >= 0.3 is 0 Å². The van der Waals surface area contributed by atoms with Crippen molar-refractivity contribution in [2.75, 3.05) is 13.2 Å². The van der Waals surface area contributed by atoms with Crippen LogP contribution >= 0.6 is 11.6 Å². The molecule has 4 atom stereocenters. The second kappa shape index (κ2) is 10.7. The van der Waals surface area contributed by atoms with Crippen molar-refractivity contribution in [2.45, 2.75) is 78.0 Å². The largest absolute Gasteiger partial charge is 0.488 e. The van der Waals surface area contributed by atoms with Crippen molar-refractivity contribution in [3.8, 4) is 11.6 Å². The van der Waals surface area contributed by atoms with Gasteiger partial charge in [-0.2, -0.15) is 0 Å². The van der Waals surface area contributed by atoms with Gasteiger partial charge in [-0.05, 0) is 50.4 Å². The third kappa shape index (κ3) is 6.48. The first kappa shape index (κ1) is 23.1. The van der Waals surface area contributed by atoms with Crippen LogP contribution in [0.25, 0.3) is 0 Å². The number of nitrogens with zero attached hydrogens (tertiary/aromatic N) is 1. The van der Waals surface area contributed by atoms with Crippen LogP contribution in [0.1, 0.15) is 59.8 Å². The normalized spacial score (nSPS) is 29.6. The Balaban J connectivity index is 1.42. The van der Waals surface area contributed by atoms with E-state index in [1.54, 1.807) is 6.20 Å². The molecule has 1 heterocycles. The maximum atomic E-state index is 11.0. The Hall–Kier alpha value is -1.53. The van der Waals surface area contributed by atoms with Crippen LogP contribution in [0.2, 0.25) is 5.02 Å². The van der Waals surface area contributed by atoms with Crippen molar-refractivity contribution < 1.29 is 19.0 Å². The summed E-state index contributed by atoms with van der Waals surface area (Å²) in [5, 5.41) is 3.28. The van der Waals surface area contributed by atoms with Crippen LogP contribution in [0.4, 0.5) is 0 Å². The number of ether oxygens (including phenoxy) is 3. The number of hydrogen-bond donors (Lipinski definition) is 1. The van der Waals surface area contributed by atoms with Gasteiger partial charge in [0.15, 0.2) is 0 Å². The number of hydrogen-bond acceptors (Lipinski definition) is 5. The maximum absolute atomic E-state index is 11.0. The fourth-order valence-electron chi connectivity index (χ4n) is 4.22. The van der Waals surface area contributed by atoms with Gasteiger partial charge in [0.2, 0.25) is 11.8 Å². The van der Waals surface area contributed by atoms with Gasteiger partial charge in [-0.15, -0.1) is 0 Å². The predicted molar refractivity (Wildman–Crippen MR) is 117 cm³/mol. The van der Waals surface area contributed by atoms with E-state index < -0.39 is 0 Å². The molecule has 0 spiro atoms. The Morgan fingerprint density at radius 1 is 1.30 bits per heavy atom. The van der Waals surface area contributed by atoms with E-state index in [4.69, 9.17) is 25.8 Å². The summed E-state index contributed by atoms with van der Waals surface area (Å²) in [5.74, 6) is 2.69. The van der Waals surface area contributed by atoms with Gasteiger partial charge in [0.25, 0.3) is 0 Å². The second-order valence-electron chi connectivity index (χ2n) is 9.19. The molecule has 6 nitrogen and oxygen atoms in total. The Labute approximate surface area is 185 Å². The van der Waals surface area contributed by atoms with Crippen LogP contribution < -0.4 is 14.8 Å². The standard InChI is InChI=1S/C23H35ClN2O4/c1-14-5-6-15(2)21(9-14)30-20-7-8-25-23(22(20)24)29-13-18-10-19(11-18)28-12-16(3)26-17(4)27/h7-8,14-16,18-19,21H,5-6,9-13H2,1-4H3,(H,26,27)/t14-,15-,16-,18-,19-,21?/m0/s1. The van der Waals surface area contributed by atoms with Crippen molar-refractivity contribution in [3.05, 3.63) is 17.3 Å². The molecule has 30 heavy (non-hydrogen) atoms. The molecule has 0 radical (unpaired) electrons. The van der Waals surface area contributed by atoms with Crippen molar-refractivity contribution in [2.24, 2.45) is 17.8 Å². The van der Waals surface area contributed by atoms with Gasteiger partial charge in [0, 0.05) is 25.2 Å². The fourth-order valence-corrected chi connectivity index (χ4v) is 4.43. The van der Waals surface area contributed by atoms with E-state index in [2.05, 4.69) is 24.1 Å². The Morgan fingerprint density at radius 3 is 2.80 bits per heavy atom. The first-order valence-electron chi connectivity index (χ1n) is 11.1. The van der Waals surface area contributed by atoms with Crippen LogP contribution in [0.5, 0.6) is 11.6 Å². The smallest absolute Gasteiger partial charge is 0.236 e. The monoisotopic (exact) mass is 438 g/mol. The highest BCUT2D eigenvalue weighted by atomic mass is 35.5. The van der Waals surface area contributed by atoms with Gasteiger partial charge in [-0.25, -0.2) is 4.98 Å². The Morgan fingerprint density at radius 2 is 2.07 bits per heavy atom. The summed E-state index contributed by atoms with van der Waals surface area (Å²) >= 11 is 6.54. The topological polar surface area (TPSA) is 69.7 Å². The van der Waals surface area contributed by atoms with Crippen LogP contribution in [-0.2, 0) is 9.53 Å². The summed E-state index contributed by atoms with van der Waals surface area (Å²) in [6.45, 7) is 9.08. The molecular weight excluding hydrogens is 404 g/mol. The van der Waals surface area contributed by atoms with Gasteiger partial charge in [0.1, 0.15) is 16.9 Å². The van der Waals surface area contributed by atoms with E-state index >= 15 is 0 Å². The van der Waals surface area contributed by atoms with Crippen LogP contribution in [0, 0.1) is 17.8 Å². The number of amides is 1. The quantitative estimate of drug-likeness (QED) is 0.608. The minimum Gasteiger partial charge on any atom is -0.488 e. The van der Waals surface area contributed by atoms with Gasteiger partial charge in [-0.3, -0.25) is 4.79 Å². The van der Waals surface area contributed by atoms with Gasteiger partial charge < -0.3 is 19.5 Å². The predicted octanol–water partition coefficient (Wildman–Crippen LogP) is 4.64. The van der Waals surface area contributed by atoms with Crippen LogP contribution in [0.3, 0.4) is 0 Å². The molecule has 1 aromatic rings. The van der Waals surface area contributed by atoms with E-state index in [9.17, 15) is 4.79 Å². The number of rotatable bonds is 9. The van der Waals surface area contributed by atoms with Crippen molar-refractivity contribution in [1.29, 1.82) is 0 Å². The Bertz CT molecular complexity index is 710. The second-order valence-corrected chi connectivity index (χ2v) is 9.56. The molecule has 0 saturated heterocycles. The molecule has 0 bridgehead atoms. The molecule has 1 unspecified atom stereocenters. The zero-order valence-corrected chi connectivity index (χ0v) is 19.3. The minimum absolute atomic E-state index is 0.0263. The first-order valence-corrected chi connectivity index (χ1v) is 11.5. The average molecular weight is 439 g/mol. The molecule has 0 aliphatic heterocycles. The lowest BCUT2D eigenvalue weighted by Crippen LogP contribution is -2.40. The van der Waals surface area contributed by atoms with Crippen molar-refractivity contribution >= 4 is 17.5 Å². The summed E-state index contributed by atoms with van der Waals surface area (Å²) < 4.78 is 18.0. The number of aromatic nitrogens is 1. The molecule has 2 aliphatic rings. The van der Waals surface area contributed by atoms with Gasteiger partial charge in [0.05, 0.1) is 19.3 Å². The number of halogens is 1. The molecular formula is C23H35ClN2O4. The molecule has 1 amide bonds. The summed E-state index contributed by atoms with van der Waals surface area (Å²) in [4.78, 5) is 15.3. The lowest BCUT2D eigenvalue weighted by molar-refractivity contribution is -0.120. The number of carbonyl (C=O) groups is 1. The third-order valence-electron chi connectivity index (χ3n) is 6.16. The summed E-state index contributed by atoms with van der Waals surface area (Å²) in [5.41, 5.74) is 0. The number of pyridine rings is 1. The molecule has 2 fully saturated rings. The molecule has 2 aliphatic carbocycles. The van der Waals surface area contributed by atoms with Gasteiger partial charge in [-0.1, -0.05) is 31.9 Å². The summed E-state index contributed by atoms with van der Waals surface area (Å²) in [7, 11) is 0. The molecule has 168 valence electrons. The molecule has 3 rings (SSSR count). The highest BCUT2D eigenvalue weighted by Crippen LogP contribution is 2.38. The molecule has 7 heteroatoms. The van der Waals surface area contributed by atoms with E-state index in [-0.39, 0.29) is 24.2 Å². The zero-order valence-electron chi connectivity index (χ0n) is 18.5. The molecule has 1 aromatic heterocycles. The molecule has 1 N–H and O–H groups in total. The molecule has 0 aromatic carbocycles. The third-order valence-corrected chi connectivity index (χ3v) is 6.51. The highest BCUT2D eigenvalue weighted by Gasteiger charge is 2.32. The number of carbonyl (C=O) groups excluding carboxylic acids is 1. The molecule has 2 saturated carbocycles. The first-order chi connectivity index (χ1) is 14.3. The maximum Gasteiger partial charge on any atom is 0.236 e. The Kier molecular flexibility index (Phi) is 8.23. The van der Waals surface area contributed by atoms with E-state index in [1.807, 2.05) is 13.0 Å².